The number of thioether (sulfide) groups is 1. The van der Waals surface area contributed by atoms with E-state index in [1.165, 1.54) is 6.08 Å². The summed E-state index contributed by atoms with van der Waals surface area (Å²) in [5.41, 5.74) is 1.76. The smallest absolute Gasteiger partial charge is 0.321 e. The maximum atomic E-state index is 11.7. The molecular weight excluding hydrogens is 342 g/mol. The van der Waals surface area contributed by atoms with Gasteiger partial charge in [-0.15, -0.1) is 16.8 Å². The standard InChI is InChI=1S/C16H15N5O3S/c1-2-7-17-15(23)19-13(22)9-25-16-21-20-14(24-16)11-8-18-12-6-4-3-5-10(11)12/h2-6,8,18H,1,7,9H2,(H2,17,19,22,23). The molecule has 0 aliphatic heterocycles. The number of H-pyrrole nitrogens is 1. The molecule has 2 aromatic heterocycles. The number of amides is 3. The summed E-state index contributed by atoms with van der Waals surface area (Å²) in [6.07, 6.45) is 3.31. The highest BCUT2D eigenvalue weighted by molar-refractivity contribution is 7.99. The number of carbonyl (C=O) groups is 2. The van der Waals surface area contributed by atoms with Crippen LogP contribution < -0.4 is 10.6 Å². The van der Waals surface area contributed by atoms with E-state index in [1.807, 2.05) is 24.3 Å². The van der Waals surface area contributed by atoms with Gasteiger partial charge in [0.15, 0.2) is 0 Å². The predicted octanol–water partition coefficient (Wildman–Crippen LogP) is 2.32. The fraction of sp³-hybridized carbons (Fsp3) is 0.125. The summed E-state index contributed by atoms with van der Waals surface area (Å²) >= 11 is 1.06. The van der Waals surface area contributed by atoms with E-state index in [0.29, 0.717) is 5.89 Å². The highest BCUT2D eigenvalue weighted by Crippen LogP contribution is 2.29. The molecule has 1 aromatic carbocycles. The fourth-order valence-electron chi connectivity index (χ4n) is 2.12. The Hall–Kier alpha value is -3.07. The molecule has 3 N–H and O–H groups in total. The molecule has 25 heavy (non-hydrogen) atoms. The lowest BCUT2D eigenvalue weighted by molar-refractivity contribution is -0.117. The molecule has 2 heterocycles. The van der Waals surface area contributed by atoms with Gasteiger partial charge in [-0.3, -0.25) is 10.1 Å². The number of urea groups is 1. The molecule has 8 nitrogen and oxygen atoms in total. The lowest BCUT2D eigenvalue weighted by Crippen LogP contribution is -2.40. The third-order valence-corrected chi connectivity index (χ3v) is 4.03. The maximum absolute atomic E-state index is 11.7. The quantitative estimate of drug-likeness (QED) is 0.461. The van der Waals surface area contributed by atoms with Gasteiger partial charge in [0, 0.05) is 23.6 Å². The van der Waals surface area contributed by atoms with Crippen LogP contribution in [0.2, 0.25) is 0 Å². The van der Waals surface area contributed by atoms with Crippen molar-refractivity contribution >= 4 is 34.6 Å². The van der Waals surface area contributed by atoms with Crippen molar-refractivity contribution < 1.29 is 14.0 Å². The molecule has 0 spiro atoms. The highest BCUT2D eigenvalue weighted by Gasteiger charge is 2.15. The van der Waals surface area contributed by atoms with Gasteiger partial charge in [0.25, 0.3) is 11.1 Å². The number of rotatable bonds is 6. The van der Waals surface area contributed by atoms with Crippen LogP contribution >= 0.6 is 11.8 Å². The first-order valence-electron chi connectivity index (χ1n) is 7.38. The Balaban J connectivity index is 1.60. The largest absolute Gasteiger partial charge is 0.411 e. The third kappa shape index (κ3) is 4.07. The SMILES string of the molecule is C=CCNC(=O)NC(=O)CSc1nnc(-c2c[nH]c3ccccc23)o1. The maximum Gasteiger partial charge on any atom is 0.321 e. The van der Waals surface area contributed by atoms with Crippen molar-refractivity contribution in [3.05, 3.63) is 43.1 Å². The zero-order valence-electron chi connectivity index (χ0n) is 13.1. The molecule has 0 saturated carbocycles. The monoisotopic (exact) mass is 357 g/mol. The van der Waals surface area contributed by atoms with Gasteiger partial charge in [-0.05, 0) is 6.07 Å². The number of carbonyl (C=O) groups excluding carboxylic acids is 2. The predicted molar refractivity (Wildman–Crippen MR) is 94.1 cm³/mol. The minimum absolute atomic E-state index is 0.0168. The van der Waals surface area contributed by atoms with Crippen LogP contribution in [-0.4, -0.2) is 39.4 Å². The van der Waals surface area contributed by atoms with Crippen LogP contribution in [0.3, 0.4) is 0 Å². The Morgan fingerprint density at radius 1 is 1.32 bits per heavy atom. The van der Waals surface area contributed by atoms with Crippen LogP contribution in [0.25, 0.3) is 22.4 Å². The number of imide groups is 1. The van der Waals surface area contributed by atoms with Crippen molar-refractivity contribution in [3.63, 3.8) is 0 Å². The lowest BCUT2D eigenvalue weighted by Gasteiger charge is -2.03. The molecule has 0 saturated heterocycles. The molecule has 0 atom stereocenters. The van der Waals surface area contributed by atoms with Crippen LogP contribution in [0, 0.1) is 0 Å². The van der Waals surface area contributed by atoms with Gasteiger partial charge in [-0.2, -0.15) is 0 Å². The molecule has 128 valence electrons. The second-order valence-corrected chi connectivity index (χ2v) is 5.88. The van der Waals surface area contributed by atoms with Gasteiger partial charge >= 0.3 is 6.03 Å². The first kappa shape index (κ1) is 16.8. The molecular formula is C16H15N5O3S. The summed E-state index contributed by atoms with van der Waals surface area (Å²) in [7, 11) is 0. The zero-order valence-corrected chi connectivity index (χ0v) is 13.9. The minimum Gasteiger partial charge on any atom is -0.411 e. The van der Waals surface area contributed by atoms with Crippen LogP contribution in [0.15, 0.2) is 52.8 Å². The molecule has 3 amide bonds. The van der Waals surface area contributed by atoms with E-state index in [1.54, 1.807) is 6.20 Å². The summed E-state index contributed by atoms with van der Waals surface area (Å²) in [6, 6.07) is 7.19. The normalized spacial score (nSPS) is 10.6. The molecule has 9 heteroatoms. The topological polar surface area (TPSA) is 113 Å². The van der Waals surface area contributed by atoms with Gasteiger partial charge < -0.3 is 14.7 Å². The highest BCUT2D eigenvalue weighted by atomic mass is 32.2. The molecule has 0 radical (unpaired) electrons. The number of hydrogen-bond donors (Lipinski definition) is 3. The van der Waals surface area contributed by atoms with E-state index in [-0.39, 0.29) is 17.5 Å². The van der Waals surface area contributed by atoms with Crippen LogP contribution in [0.5, 0.6) is 0 Å². The van der Waals surface area contributed by atoms with Gasteiger partial charge in [0.1, 0.15) is 0 Å². The van der Waals surface area contributed by atoms with Gasteiger partial charge in [0.2, 0.25) is 5.91 Å². The van der Waals surface area contributed by atoms with E-state index < -0.39 is 11.9 Å². The average Bonchev–Trinajstić information content (AvgIpc) is 3.24. The van der Waals surface area contributed by atoms with Crippen molar-refractivity contribution in [1.82, 2.24) is 25.8 Å². The van der Waals surface area contributed by atoms with Gasteiger partial charge in [-0.1, -0.05) is 36.0 Å². The molecule has 0 bridgehead atoms. The number of nitrogens with one attached hydrogen (secondary N) is 3. The van der Waals surface area contributed by atoms with Crippen molar-refractivity contribution in [3.8, 4) is 11.5 Å². The lowest BCUT2D eigenvalue weighted by atomic mass is 10.2. The third-order valence-electron chi connectivity index (χ3n) is 3.21. The molecule has 0 aliphatic rings. The summed E-state index contributed by atoms with van der Waals surface area (Å²) in [5.74, 6) is -0.112. The number of hydrogen-bond acceptors (Lipinski definition) is 6. The second kappa shape index (κ2) is 7.67. The first-order valence-corrected chi connectivity index (χ1v) is 8.37. The number of aromatic nitrogens is 3. The van der Waals surface area contributed by atoms with E-state index >= 15 is 0 Å². The summed E-state index contributed by atoms with van der Waals surface area (Å²) in [5, 5.41) is 13.8. The van der Waals surface area contributed by atoms with Crippen LogP contribution in [0.4, 0.5) is 4.79 Å². The number of fused-ring (bicyclic) bond motifs is 1. The Bertz CT molecular complexity index is 917. The van der Waals surface area contributed by atoms with E-state index in [9.17, 15) is 9.59 Å². The molecule has 3 aromatic rings. The number of benzene rings is 1. The summed E-state index contributed by atoms with van der Waals surface area (Å²) in [4.78, 5) is 26.2. The number of aromatic amines is 1. The van der Waals surface area contributed by atoms with Gasteiger partial charge in [-0.25, -0.2) is 4.79 Å². The fourth-order valence-corrected chi connectivity index (χ4v) is 2.69. The summed E-state index contributed by atoms with van der Waals surface area (Å²) in [6.45, 7) is 3.75. The van der Waals surface area contributed by atoms with Gasteiger partial charge in [0.05, 0.1) is 11.3 Å². The van der Waals surface area contributed by atoms with E-state index in [4.69, 9.17) is 4.42 Å². The Morgan fingerprint density at radius 2 is 2.16 bits per heavy atom. The van der Waals surface area contributed by atoms with Crippen molar-refractivity contribution in [1.29, 1.82) is 0 Å². The molecule has 0 unspecified atom stereocenters. The second-order valence-electron chi connectivity index (χ2n) is 4.96. The van der Waals surface area contributed by atoms with Crippen molar-refractivity contribution in [2.75, 3.05) is 12.3 Å². The first-order chi connectivity index (χ1) is 12.2. The Morgan fingerprint density at radius 3 is 3.00 bits per heavy atom. The average molecular weight is 357 g/mol. The Labute approximate surface area is 147 Å². The Kier molecular flexibility index (Phi) is 5.14. The zero-order chi connectivity index (χ0) is 17.6. The molecule has 3 rings (SSSR count). The van der Waals surface area contributed by atoms with Crippen LogP contribution in [0.1, 0.15) is 0 Å². The van der Waals surface area contributed by atoms with Crippen molar-refractivity contribution in [2.45, 2.75) is 5.22 Å². The van der Waals surface area contributed by atoms with E-state index in [2.05, 4.69) is 32.4 Å². The minimum atomic E-state index is -0.574. The van der Waals surface area contributed by atoms with E-state index in [0.717, 1.165) is 28.2 Å². The number of nitrogens with zero attached hydrogens (tertiary/aromatic N) is 2. The van der Waals surface area contributed by atoms with Crippen molar-refractivity contribution in [2.24, 2.45) is 0 Å². The van der Waals surface area contributed by atoms with Crippen LogP contribution in [-0.2, 0) is 4.79 Å². The summed E-state index contributed by atoms with van der Waals surface area (Å²) < 4.78 is 5.58. The molecule has 0 fully saturated rings. The number of para-hydroxylation sites is 1. The molecule has 0 aliphatic carbocycles.